The van der Waals surface area contributed by atoms with Crippen LogP contribution < -0.4 is 10.3 Å². The Hall–Kier alpha value is -2.17. The van der Waals surface area contributed by atoms with Gasteiger partial charge in [-0.3, -0.25) is 9.78 Å². The molecule has 0 bridgehead atoms. The lowest BCUT2D eigenvalue weighted by Crippen LogP contribution is -2.10. The number of hydrogen-bond donors (Lipinski definition) is 1. The van der Waals surface area contributed by atoms with Gasteiger partial charge in [-0.05, 0) is 32.8 Å². The van der Waals surface area contributed by atoms with E-state index in [9.17, 15) is 4.79 Å². The lowest BCUT2D eigenvalue weighted by Gasteiger charge is -2.10. The quantitative estimate of drug-likeness (QED) is 0.927. The van der Waals surface area contributed by atoms with Crippen molar-refractivity contribution in [2.45, 2.75) is 38.7 Å². The SMILES string of the molecule is CC(C)Oc1cncc(-c2cc(=O)[nH]c(C3CC3)n2)c1. The van der Waals surface area contributed by atoms with Crippen LogP contribution in [0, 0.1) is 0 Å². The van der Waals surface area contributed by atoms with Crippen LogP contribution in [0.1, 0.15) is 38.4 Å². The maximum atomic E-state index is 11.7. The van der Waals surface area contributed by atoms with Gasteiger partial charge in [0.05, 0.1) is 18.0 Å². The van der Waals surface area contributed by atoms with Crippen LogP contribution in [0.15, 0.2) is 29.3 Å². The van der Waals surface area contributed by atoms with Gasteiger partial charge in [-0.2, -0.15) is 0 Å². The van der Waals surface area contributed by atoms with Crippen molar-refractivity contribution in [2.75, 3.05) is 0 Å². The van der Waals surface area contributed by atoms with Crippen molar-refractivity contribution in [2.24, 2.45) is 0 Å². The summed E-state index contributed by atoms with van der Waals surface area (Å²) in [7, 11) is 0. The van der Waals surface area contributed by atoms with Crippen molar-refractivity contribution in [1.29, 1.82) is 0 Å². The Morgan fingerprint density at radius 2 is 2.10 bits per heavy atom. The topological polar surface area (TPSA) is 67.9 Å². The van der Waals surface area contributed by atoms with E-state index in [4.69, 9.17) is 4.74 Å². The summed E-state index contributed by atoms with van der Waals surface area (Å²) < 4.78 is 5.62. The molecule has 20 heavy (non-hydrogen) atoms. The normalized spacial score (nSPS) is 14.6. The van der Waals surface area contributed by atoms with Crippen molar-refractivity contribution >= 4 is 0 Å². The molecule has 0 saturated heterocycles. The van der Waals surface area contributed by atoms with Crippen LogP contribution >= 0.6 is 0 Å². The number of nitrogens with one attached hydrogen (secondary N) is 1. The smallest absolute Gasteiger partial charge is 0.251 e. The Morgan fingerprint density at radius 1 is 1.30 bits per heavy atom. The Morgan fingerprint density at radius 3 is 2.80 bits per heavy atom. The van der Waals surface area contributed by atoms with Crippen molar-refractivity contribution in [3.8, 4) is 17.0 Å². The number of nitrogens with zero attached hydrogens (tertiary/aromatic N) is 2. The van der Waals surface area contributed by atoms with Gasteiger partial charge in [0.25, 0.3) is 5.56 Å². The van der Waals surface area contributed by atoms with Gasteiger partial charge < -0.3 is 9.72 Å². The Balaban J connectivity index is 1.97. The van der Waals surface area contributed by atoms with Gasteiger partial charge >= 0.3 is 0 Å². The molecule has 0 aromatic carbocycles. The molecular formula is C15H17N3O2. The summed E-state index contributed by atoms with van der Waals surface area (Å²) in [6.45, 7) is 3.92. The van der Waals surface area contributed by atoms with Crippen molar-refractivity contribution in [1.82, 2.24) is 15.0 Å². The molecule has 1 N–H and O–H groups in total. The van der Waals surface area contributed by atoms with E-state index in [1.165, 1.54) is 6.07 Å². The second kappa shape index (κ2) is 5.07. The van der Waals surface area contributed by atoms with Crippen LogP contribution in [0.5, 0.6) is 5.75 Å². The van der Waals surface area contributed by atoms with Crippen LogP contribution in [0.25, 0.3) is 11.3 Å². The number of aromatic nitrogens is 3. The highest BCUT2D eigenvalue weighted by molar-refractivity contribution is 5.59. The molecule has 5 heteroatoms. The molecule has 1 fully saturated rings. The van der Waals surface area contributed by atoms with Crippen LogP contribution in [0.2, 0.25) is 0 Å². The molecule has 1 aliphatic carbocycles. The summed E-state index contributed by atoms with van der Waals surface area (Å²) in [4.78, 5) is 23.2. The minimum Gasteiger partial charge on any atom is -0.489 e. The summed E-state index contributed by atoms with van der Waals surface area (Å²) in [5, 5.41) is 0. The molecule has 0 unspecified atom stereocenters. The van der Waals surface area contributed by atoms with E-state index in [0.717, 1.165) is 24.2 Å². The van der Waals surface area contributed by atoms with Crippen LogP contribution in [-0.2, 0) is 0 Å². The molecule has 0 amide bonds. The number of aromatic amines is 1. The van der Waals surface area contributed by atoms with Crippen molar-refractivity contribution in [3.63, 3.8) is 0 Å². The lowest BCUT2D eigenvalue weighted by molar-refractivity contribution is 0.241. The van der Waals surface area contributed by atoms with E-state index in [-0.39, 0.29) is 11.7 Å². The Bertz CT molecular complexity index is 675. The summed E-state index contributed by atoms with van der Waals surface area (Å²) in [5.41, 5.74) is 1.33. The zero-order valence-electron chi connectivity index (χ0n) is 11.6. The molecule has 2 heterocycles. The van der Waals surface area contributed by atoms with E-state index in [0.29, 0.717) is 17.4 Å². The van der Waals surface area contributed by atoms with Gasteiger partial charge in [0.2, 0.25) is 0 Å². The predicted molar refractivity (Wildman–Crippen MR) is 75.8 cm³/mol. The first-order valence-corrected chi connectivity index (χ1v) is 6.85. The predicted octanol–water partition coefficient (Wildman–Crippen LogP) is 2.50. The molecule has 3 rings (SSSR count). The van der Waals surface area contributed by atoms with E-state index in [2.05, 4.69) is 15.0 Å². The molecule has 0 spiro atoms. The fourth-order valence-electron chi connectivity index (χ4n) is 2.07. The van der Waals surface area contributed by atoms with E-state index >= 15 is 0 Å². The molecule has 2 aromatic heterocycles. The number of pyridine rings is 1. The summed E-state index contributed by atoms with van der Waals surface area (Å²) in [6.07, 6.45) is 5.65. The van der Waals surface area contributed by atoms with Gasteiger partial charge in [0, 0.05) is 23.7 Å². The molecule has 0 aliphatic heterocycles. The highest BCUT2D eigenvalue weighted by Gasteiger charge is 2.26. The number of hydrogen-bond acceptors (Lipinski definition) is 4. The van der Waals surface area contributed by atoms with E-state index in [1.807, 2.05) is 19.9 Å². The molecule has 1 aliphatic rings. The fraction of sp³-hybridized carbons (Fsp3) is 0.400. The number of H-pyrrole nitrogens is 1. The first-order chi connectivity index (χ1) is 9.61. The van der Waals surface area contributed by atoms with Gasteiger partial charge in [-0.25, -0.2) is 4.98 Å². The minimum atomic E-state index is -0.118. The van der Waals surface area contributed by atoms with Gasteiger partial charge in [-0.15, -0.1) is 0 Å². The molecule has 1 saturated carbocycles. The fourth-order valence-corrected chi connectivity index (χ4v) is 2.07. The zero-order chi connectivity index (χ0) is 14.1. The first kappa shape index (κ1) is 12.8. The molecule has 2 aromatic rings. The van der Waals surface area contributed by atoms with Gasteiger partial charge in [-0.1, -0.05) is 0 Å². The van der Waals surface area contributed by atoms with Gasteiger partial charge in [0.15, 0.2) is 0 Å². The summed E-state index contributed by atoms with van der Waals surface area (Å²) in [6, 6.07) is 3.37. The number of ether oxygens (including phenoxy) is 1. The second-order valence-corrected chi connectivity index (χ2v) is 5.37. The monoisotopic (exact) mass is 271 g/mol. The van der Waals surface area contributed by atoms with Crippen molar-refractivity contribution < 1.29 is 4.74 Å². The maximum absolute atomic E-state index is 11.7. The largest absolute Gasteiger partial charge is 0.489 e. The van der Waals surface area contributed by atoms with Crippen molar-refractivity contribution in [3.05, 3.63) is 40.7 Å². The standard InChI is InChI=1S/C15H17N3O2/c1-9(2)20-12-5-11(7-16-8-12)13-6-14(19)18-15(17-13)10-3-4-10/h5-10H,3-4H2,1-2H3,(H,17,18,19). The zero-order valence-corrected chi connectivity index (χ0v) is 11.6. The second-order valence-electron chi connectivity index (χ2n) is 5.37. The minimum absolute atomic E-state index is 0.0845. The first-order valence-electron chi connectivity index (χ1n) is 6.85. The third-order valence-electron chi connectivity index (χ3n) is 3.10. The molecule has 0 radical (unpaired) electrons. The summed E-state index contributed by atoms with van der Waals surface area (Å²) >= 11 is 0. The highest BCUT2D eigenvalue weighted by Crippen LogP contribution is 2.38. The van der Waals surface area contributed by atoms with Crippen LogP contribution in [-0.4, -0.2) is 21.1 Å². The highest BCUT2D eigenvalue weighted by atomic mass is 16.5. The Labute approximate surface area is 117 Å². The Kier molecular flexibility index (Phi) is 3.26. The lowest BCUT2D eigenvalue weighted by atomic mass is 10.2. The maximum Gasteiger partial charge on any atom is 0.251 e. The molecular weight excluding hydrogens is 254 g/mol. The van der Waals surface area contributed by atoms with E-state index < -0.39 is 0 Å². The molecule has 0 atom stereocenters. The third kappa shape index (κ3) is 2.87. The van der Waals surface area contributed by atoms with Gasteiger partial charge in [0.1, 0.15) is 11.6 Å². The molecule has 5 nitrogen and oxygen atoms in total. The third-order valence-corrected chi connectivity index (χ3v) is 3.10. The van der Waals surface area contributed by atoms with Crippen LogP contribution in [0.4, 0.5) is 0 Å². The number of rotatable bonds is 4. The van der Waals surface area contributed by atoms with Crippen LogP contribution in [0.3, 0.4) is 0 Å². The molecule has 104 valence electrons. The average molecular weight is 271 g/mol. The van der Waals surface area contributed by atoms with E-state index in [1.54, 1.807) is 12.4 Å². The summed E-state index contributed by atoms with van der Waals surface area (Å²) in [5.74, 6) is 1.88. The average Bonchev–Trinajstić information content (AvgIpc) is 3.22.